The van der Waals surface area contributed by atoms with E-state index in [-0.39, 0.29) is 0 Å². The summed E-state index contributed by atoms with van der Waals surface area (Å²) < 4.78 is 0. The van der Waals surface area contributed by atoms with Crippen LogP contribution in [0.25, 0.3) is 0 Å². The molecule has 19 heavy (non-hydrogen) atoms. The van der Waals surface area contributed by atoms with Crippen molar-refractivity contribution in [3.8, 4) is 0 Å². The second-order valence-electron chi connectivity index (χ2n) is 5.77. The summed E-state index contributed by atoms with van der Waals surface area (Å²) in [5.41, 5.74) is 2.85. The van der Waals surface area contributed by atoms with E-state index in [1.54, 1.807) is 0 Å². The van der Waals surface area contributed by atoms with Crippen molar-refractivity contribution in [1.29, 1.82) is 0 Å². The van der Waals surface area contributed by atoms with Gasteiger partial charge in [0.25, 0.3) is 0 Å². The summed E-state index contributed by atoms with van der Waals surface area (Å²) in [4.78, 5) is 2.65. The predicted molar refractivity (Wildman–Crippen MR) is 82.5 cm³/mol. The quantitative estimate of drug-likeness (QED) is 0.891. The van der Waals surface area contributed by atoms with Crippen molar-refractivity contribution in [1.82, 2.24) is 10.2 Å². The first-order valence-corrected chi connectivity index (χ1v) is 7.76. The molecule has 1 N–H and O–H groups in total. The van der Waals surface area contributed by atoms with E-state index in [9.17, 15) is 0 Å². The molecule has 1 aliphatic heterocycles. The van der Waals surface area contributed by atoms with E-state index < -0.39 is 0 Å². The Morgan fingerprint density at radius 1 is 1.05 bits per heavy atom. The Labute approximate surface area is 118 Å². The van der Waals surface area contributed by atoms with Gasteiger partial charge in [0.05, 0.1) is 0 Å². The van der Waals surface area contributed by atoms with Crippen LogP contribution in [-0.4, -0.2) is 31.6 Å². The third-order valence-electron chi connectivity index (χ3n) is 4.30. The van der Waals surface area contributed by atoms with E-state index in [4.69, 9.17) is 0 Å². The summed E-state index contributed by atoms with van der Waals surface area (Å²) in [7, 11) is 2.08. The van der Waals surface area contributed by atoms with Gasteiger partial charge in [-0.1, -0.05) is 43.5 Å². The molecule has 2 heteroatoms. The maximum Gasteiger partial charge on any atom is 0.0449 e. The maximum atomic E-state index is 3.50. The number of nitrogens with zero attached hydrogens (tertiary/aromatic N) is 1. The SMILES string of the molecule is CNC(CN1CCCCCCC1)c1ccccc1C. The Hall–Kier alpha value is -0.860. The molecule has 0 bridgehead atoms. The molecular formula is C17H28N2. The van der Waals surface area contributed by atoms with Gasteiger partial charge in [-0.3, -0.25) is 0 Å². The Balaban J connectivity index is 1.99. The number of likely N-dealkylation sites (tertiary alicyclic amines) is 1. The normalized spacial score (nSPS) is 19.7. The van der Waals surface area contributed by atoms with Gasteiger partial charge in [0.2, 0.25) is 0 Å². The first-order valence-electron chi connectivity index (χ1n) is 7.76. The molecule has 1 unspecified atom stereocenters. The highest BCUT2D eigenvalue weighted by molar-refractivity contribution is 5.28. The molecule has 0 amide bonds. The Morgan fingerprint density at radius 3 is 2.32 bits per heavy atom. The Bertz CT molecular complexity index is 367. The van der Waals surface area contributed by atoms with E-state index in [1.807, 2.05) is 0 Å². The van der Waals surface area contributed by atoms with Crippen LogP contribution >= 0.6 is 0 Å². The molecule has 0 radical (unpaired) electrons. The average Bonchev–Trinajstić information content (AvgIpc) is 2.39. The minimum absolute atomic E-state index is 0.459. The Kier molecular flexibility index (Phi) is 5.87. The summed E-state index contributed by atoms with van der Waals surface area (Å²) >= 11 is 0. The van der Waals surface area contributed by atoms with E-state index >= 15 is 0 Å². The fourth-order valence-corrected chi connectivity index (χ4v) is 3.08. The van der Waals surface area contributed by atoms with Crippen molar-refractivity contribution in [3.05, 3.63) is 35.4 Å². The number of benzene rings is 1. The molecule has 0 aromatic heterocycles. The van der Waals surface area contributed by atoms with Gasteiger partial charge in [0.1, 0.15) is 0 Å². The number of rotatable bonds is 4. The highest BCUT2D eigenvalue weighted by Crippen LogP contribution is 2.20. The topological polar surface area (TPSA) is 15.3 Å². The summed E-state index contributed by atoms with van der Waals surface area (Å²) in [6.45, 7) is 5.89. The Morgan fingerprint density at radius 2 is 1.68 bits per heavy atom. The van der Waals surface area contributed by atoms with Gasteiger partial charge in [0, 0.05) is 12.6 Å². The molecule has 1 aromatic rings. The first kappa shape index (κ1) is 14.5. The smallest absolute Gasteiger partial charge is 0.0449 e. The zero-order valence-corrected chi connectivity index (χ0v) is 12.5. The molecule has 106 valence electrons. The zero-order valence-electron chi connectivity index (χ0n) is 12.5. The molecule has 0 spiro atoms. The van der Waals surface area contributed by atoms with Crippen molar-refractivity contribution >= 4 is 0 Å². The van der Waals surface area contributed by atoms with Crippen LogP contribution in [0.3, 0.4) is 0 Å². The van der Waals surface area contributed by atoms with Crippen LogP contribution in [0.15, 0.2) is 24.3 Å². The summed E-state index contributed by atoms with van der Waals surface area (Å²) in [6.07, 6.45) is 6.98. The summed E-state index contributed by atoms with van der Waals surface area (Å²) in [6, 6.07) is 9.22. The minimum atomic E-state index is 0.459. The molecule has 2 rings (SSSR count). The molecule has 0 aliphatic carbocycles. The van der Waals surface area contributed by atoms with Gasteiger partial charge < -0.3 is 10.2 Å². The van der Waals surface area contributed by atoms with Crippen molar-refractivity contribution in [2.75, 3.05) is 26.7 Å². The molecule has 1 heterocycles. The van der Waals surface area contributed by atoms with E-state index in [1.165, 1.54) is 56.3 Å². The number of aryl methyl sites for hydroxylation is 1. The van der Waals surface area contributed by atoms with E-state index in [2.05, 4.69) is 48.5 Å². The molecule has 1 saturated heterocycles. The lowest BCUT2D eigenvalue weighted by atomic mass is 10.00. The minimum Gasteiger partial charge on any atom is -0.312 e. The summed E-state index contributed by atoms with van der Waals surface area (Å²) in [5, 5.41) is 3.50. The average molecular weight is 260 g/mol. The van der Waals surface area contributed by atoms with E-state index in [0.717, 1.165) is 6.54 Å². The number of likely N-dealkylation sites (N-methyl/N-ethyl adjacent to an activating group) is 1. The van der Waals surface area contributed by atoms with Crippen molar-refractivity contribution in [3.63, 3.8) is 0 Å². The highest BCUT2D eigenvalue weighted by atomic mass is 15.1. The molecule has 1 fully saturated rings. The van der Waals surface area contributed by atoms with Gasteiger partial charge in [-0.2, -0.15) is 0 Å². The van der Waals surface area contributed by atoms with Crippen LogP contribution in [0, 0.1) is 6.92 Å². The lowest BCUT2D eigenvalue weighted by Crippen LogP contribution is -2.36. The molecule has 0 saturated carbocycles. The number of nitrogens with one attached hydrogen (secondary N) is 1. The van der Waals surface area contributed by atoms with Crippen molar-refractivity contribution < 1.29 is 0 Å². The fourth-order valence-electron chi connectivity index (χ4n) is 3.08. The van der Waals surface area contributed by atoms with Gasteiger partial charge in [-0.05, 0) is 51.0 Å². The summed E-state index contributed by atoms with van der Waals surface area (Å²) in [5.74, 6) is 0. The predicted octanol–water partition coefficient (Wildman–Crippen LogP) is 3.52. The van der Waals surface area contributed by atoms with Crippen molar-refractivity contribution in [2.24, 2.45) is 0 Å². The second kappa shape index (κ2) is 7.66. The van der Waals surface area contributed by atoms with E-state index in [0.29, 0.717) is 6.04 Å². The lowest BCUT2D eigenvalue weighted by molar-refractivity contribution is 0.225. The zero-order chi connectivity index (χ0) is 13.5. The standard InChI is InChI=1S/C17H28N2/c1-15-10-6-7-11-16(15)17(18-2)14-19-12-8-4-3-5-9-13-19/h6-7,10-11,17-18H,3-5,8-9,12-14H2,1-2H3. The van der Waals surface area contributed by atoms with Gasteiger partial charge >= 0.3 is 0 Å². The molecule has 1 aromatic carbocycles. The lowest BCUT2D eigenvalue weighted by Gasteiger charge is -2.29. The first-order chi connectivity index (χ1) is 9.31. The fraction of sp³-hybridized carbons (Fsp3) is 0.647. The van der Waals surface area contributed by atoms with Crippen LogP contribution in [0.4, 0.5) is 0 Å². The number of hydrogen-bond acceptors (Lipinski definition) is 2. The van der Waals surface area contributed by atoms with Gasteiger partial charge in [-0.25, -0.2) is 0 Å². The monoisotopic (exact) mass is 260 g/mol. The number of hydrogen-bond donors (Lipinski definition) is 1. The largest absolute Gasteiger partial charge is 0.312 e. The van der Waals surface area contributed by atoms with Crippen LogP contribution in [0.2, 0.25) is 0 Å². The molecule has 1 aliphatic rings. The third kappa shape index (κ3) is 4.32. The van der Waals surface area contributed by atoms with Crippen LogP contribution < -0.4 is 5.32 Å². The second-order valence-corrected chi connectivity index (χ2v) is 5.77. The maximum absolute atomic E-state index is 3.50. The van der Waals surface area contributed by atoms with Crippen LogP contribution in [0.5, 0.6) is 0 Å². The molecular weight excluding hydrogens is 232 g/mol. The van der Waals surface area contributed by atoms with Gasteiger partial charge in [-0.15, -0.1) is 0 Å². The van der Waals surface area contributed by atoms with Gasteiger partial charge in [0.15, 0.2) is 0 Å². The molecule has 2 nitrogen and oxygen atoms in total. The van der Waals surface area contributed by atoms with Crippen LogP contribution in [0.1, 0.15) is 49.3 Å². The van der Waals surface area contributed by atoms with Crippen molar-refractivity contribution in [2.45, 2.75) is 45.1 Å². The van der Waals surface area contributed by atoms with Crippen LogP contribution in [-0.2, 0) is 0 Å². The molecule has 1 atom stereocenters. The highest BCUT2D eigenvalue weighted by Gasteiger charge is 2.16. The third-order valence-corrected chi connectivity index (χ3v) is 4.30.